The Morgan fingerprint density at radius 2 is 1.93 bits per heavy atom. The van der Waals surface area contributed by atoms with Gasteiger partial charge in [0.1, 0.15) is 5.75 Å². The molecular formula is C21H22BrN3O4. The van der Waals surface area contributed by atoms with Crippen molar-refractivity contribution < 1.29 is 19.1 Å². The summed E-state index contributed by atoms with van der Waals surface area (Å²) < 4.78 is 6.48. The van der Waals surface area contributed by atoms with Gasteiger partial charge in [0.15, 0.2) is 6.61 Å². The Labute approximate surface area is 177 Å². The maximum atomic E-state index is 12.2. The number of halogens is 1. The Morgan fingerprint density at radius 3 is 2.59 bits per heavy atom. The molecular weight excluding hydrogens is 438 g/mol. The van der Waals surface area contributed by atoms with Crippen molar-refractivity contribution in [3.05, 3.63) is 52.5 Å². The van der Waals surface area contributed by atoms with E-state index in [1.54, 1.807) is 36.2 Å². The molecule has 29 heavy (non-hydrogen) atoms. The number of ether oxygens (including phenoxy) is 1. The summed E-state index contributed by atoms with van der Waals surface area (Å²) in [5.74, 6) is -0.299. The van der Waals surface area contributed by atoms with Gasteiger partial charge in [-0.15, -0.1) is 0 Å². The highest BCUT2D eigenvalue weighted by molar-refractivity contribution is 9.10. The summed E-state index contributed by atoms with van der Waals surface area (Å²) in [6, 6.07) is 12.5. The van der Waals surface area contributed by atoms with Crippen LogP contribution in [0.15, 0.2) is 46.9 Å². The van der Waals surface area contributed by atoms with Crippen molar-refractivity contribution in [2.24, 2.45) is 5.92 Å². The second kappa shape index (κ2) is 9.09. The summed E-state index contributed by atoms with van der Waals surface area (Å²) in [5.41, 5.74) is 2.38. The van der Waals surface area contributed by atoms with Crippen molar-refractivity contribution in [1.82, 2.24) is 5.32 Å². The summed E-state index contributed by atoms with van der Waals surface area (Å²) in [5, 5.41) is 5.40. The highest BCUT2D eigenvalue weighted by atomic mass is 79.9. The lowest BCUT2D eigenvalue weighted by atomic mass is 10.1. The smallest absolute Gasteiger partial charge is 0.262 e. The molecule has 1 aliphatic heterocycles. The van der Waals surface area contributed by atoms with Crippen LogP contribution in [-0.4, -0.2) is 37.9 Å². The first-order valence-electron chi connectivity index (χ1n) is 9.18. The van der Waals surface area contributed by atoms with Crippen molar-refractivity contribution in [2.75, 3.05) is 30.4 Å². The molecule has 1 atom stereocenters. The van der Waals surface area contributed by atoms with E-state index in [0.717, 1.165) is 15.7 Å². The van der Waals surface area contributed by atoms with Crippen molar-refractivity contribution in [2.45, 2.75) is 13.3 Å². The average Bonchev–Trinajstić information content (AvgIpc) is 3.10. The average molecular weight is 460 g/mol. The molecule has 8 heteroatoms. The fraction of sp³-hybridized carbons (Fsp3) is 0.286. The van der Waals surface area contributed by atoms with Crippen LogP contribution in [0.3, 0.4) is 0 Å². The van der Waals surface area contributed by atoms with Gasteiger partial charge in [-0.1, -0.05) is 15.9 Å². The SMILES string of the molecule is CNC(=O)[C@@H]1CC(=O)N(c2ccc(OCC(=O)Nc3ccc(Br)cc3C)cc2)C1. The molecule has 3 rings (SSSR count). The van der Waals surface area contributed by atoms with Gasteiger partial charge in [0, 0.05) is 35.9 Å². The fourth-order valence-corrected chi connectivity index (χ4v) is 3.64. The molecule has 0 saturated carbocycles. The van der Waals surface area contributed by atoms with Gasteiger partial charge in [-0.05, 0) is 55.0 Å². The summed E-state index contributed by atoms with van der Waals surface area (Å²) in [6.45, 7) is 2.14. The molecule has 2 N–H and O–H groups in total. The Kier molecular flexibility index (Phi) is 6.53. The normalized spacial score (nSPS) is 15.9. The number of rotatable bonds is 6. The molecule has 152 valence electrons. The monoisotopic (exact) mass is 459 g/mol. The summed E-state index contributed by atoms with van der Waals surface area (Å²) >= 11 is 3.39. The molecule has 2 aromatic carbocycles. The number of hydrogen-bond donors (Lipinski definition) is 2. The number of carbonyl (C=O) groups excluding carboxylic acids is 3. The molecule has 1 fully saturated rings. The zero-order chi connectivity index (χ0) is 21.0. The first-order chi connectivity index (χ1) is 13.9. The predicted octanol–water partition coefficient (Wildman–Crippen LogP) is 2.87. The molecule has 2 aromatic rings. The van der Waals surface area contributed by atoms with E-state index in [4.69, 9.17) is 4.74 Å². The van der Waals surface area contributed by atoms with Crippen LogP contribution in [0.2, 0.25) is 0 Å². The van der Waals surface area contributed by atoms with E-state index in [1.807, 2.05) is 25.1 Å². The Hall–Kier alpha value is -2.87. The highest BCUT2D eigenvalue weighted by Crippen LogP contribution is 2.27. The third-order valence-electron chi connectivity index (χ3n) is 4.72. The Morgan fingerprint density at radius 1 is 1.21 bits per heavy atom. The Balaban J connectivity index is 1.55. The number of carbonyl (C=O) groups is 3. The molecule has 0 aliphatic carbocycles. The fourth-order valence-electron chi connectivity index (χ4n) is 3.16. The molecule has 0 radical (unpaired) electrons. The van der Waals surface area contributed by atoms with Crippen LogP contribution in [0.5, 0.6) is 5.75 Å². The lowest BCUT2D eigenvalue weighted by Gasteiger charge is -2.17. The number of benzene rings is 2. The number of aryl methyl sites for hydroxylation is 1. The number of anilines is 2. The number of amides is 3. The van der Waals surface area contributed by atoms with Gasteiger partial charge in [-0.3, -0.25) is 14.4 Å². The van der Waals surface area contributed by atoms with Gasteiger partial charge in [-0.2, -0.15) is 0 Å². The topological polar surface area (TPSA) is 87.7 Å². The van der Waals surface area contributed by atoms with Gasteiger partial charge in [-0.25, -0.2) is 0 Å². The van der Waals surface area contributed by atoms with E-state index in [1.165, 1.54) is 0 Å². The van der Waals surface area contributed by atoms with E-state index >= 15 is 0 Å². The largest absolute Gasteiger partial charge is 0.484 e. The van der Waals surface area contributed by atoms with Crippen LogP contribution in [0, 0.1) is 12.8 Å². The van der Waals surface area contributed by atoms with Crippen molar-refractivity contribution in [3.63, 3.8) is 0 Å². The minimum absolute atomic E-state index is 0.0866. The van der Waals surface area contributed by atoms with Crippen molar-refractivity contribution >= 4 is 45.0 Å². The van der Waals surface area contributed by atoms with Crippen LogP contribution >= 0.6 is 15.9 Å². The third kappa shape index (κ3) is 5.14. The lowest BCUT2D eigenvalue weighted by molar-refractivity contribution is -0.125. The van der Waals surface area contributed by atoms with Gasteiger partial charge in [0.2, 0.25) is 11.8 Å². The van der Waals surface area contributed by atoms with Gasteiger partial charge >= 0.3 is 0 Å². The van der Waals surface area contributed by atoms with E-state index in [2.05, 4.69) is 26.6 Å². The molecule has 3 amide bonds. The quantitative estimate of drug-likeness (QED) is 0.694. The van der Waals surface area contributed by atoms with Crippen molar-refractivity contribution in [3.8, 4) is 5.75 Å². The Bertz CT molecular complexity index is 930. The molecule has 7 nitrogen and oxygen atoms in total. The lowest BCUT2D eigenvalue weighted by Crippen LogP contribution is -2.30. The summed E-state index contributed by atoms with van der Waals surface area (Å²) in [7, 11) is 1.57. The first kappa shape index (κ1) is 20.9. The maximum absolute atomic E-state index is 12.2. The second-order valence-electron chi connectivity index (χ2n) is 6.81. The van der Waals surface area contributed by atoms with E-state index in [9.17, 15) is 14.4 Å². The number of hydrogen-bond acceptors (Lipinski definition) is 4. The predicted molar refractivity (Wildman–Crippen MR) is 114 cm³/mol. The number of nitrogens with zero attached hydrogens (tertiary/aromatic N) is 1. The van der Waals surface area contributed by atoms with Crippen LogP contribution in [0.4, 0.5) is 11.4 Å². The first-order valence-corrected chi connectivity index (χ1v) is 9.97. The van der Waals surface area contributed by atoms with E-state index in [-0.39, 0.29) is 36.7 Å². The molecule has 0 aromatic heterocycles. The summed E-state index contributed by atoms with van der Waals surface area (Å²) in [6.07, 6.45) is 0.202. The van der Waals surface area contributed by atoms with E-state index in [0.29, 0.717) is 18.0 Å². The molecule has 1 saturated heterocycles. The maximum Gasteiger partial charge on any atom is 0.262 e. The minimum Gasteiger partial charge on any atom is -0.484 e. The molecule has 0 unspecified atom stereocenters. The molecule has 0 bridgehead atoms. The van der Waals surface area contributed by atoms with Gasteiger partial charge in [0.25, 0.3) is 5.91 Å². The minimum atomic E-state index is -0.339. The van der Waals surface area contributed by atoms with Crippen LogP contribution < -0.4 is 20.3 Å². The molecule has 1 aliphatic rings. The zero-order valence-corrected chi connectivity index (χ0v) is 17.8. The second-order valence-corrected chi connectivity index (χ2v) is 7.73. The highest BCUT2D eigenvalue weighted by Gasteiger charge is 2.34. The van der Waals surface area contributed by atoms with Crippen LogP contribution in [0.25, 0.3) is 0 Å². The van der Waals surface area contributed by atoms with Crippen LogP contribution in [0.1, 0.15) is 12.0 Å². The van der Waals surface area contributed by atoms with Crippen LogP contribution in [-0.2, 0) is 14.4 Å². The van der Waals surface area contributed by atoms with E-state index < -0.39 is 0 Å². The zero-order valence-electron chi connectivity index (χ0n) is 16.2. The number of nitrogens with one attached hydrogen (secondary N) is 2. The third-order valence-corrected chi connectivity index (χ3v) is 5.22. The summed E-state index contributed by atoms with van der Waals surface area (Å²) in [4.78, 5) is 37.7. The molecule has 1 heterocycles. The van der Waals surface area contributed by atoms with Gasteiger partial charge < -0.3 is 20.3 Å². The van der Waals surface area contributed by atoms with Crippen molar-refractivity contribution in [1.29, 1.82) is 0 Å². The standard InChI is InChI=1S/C21H22BrN3O4/c1-13-9-15(22)3-8-18(13)24-19(26)12-29-17-6-4-16(5-7-17)25-11-14(10-20(25)27)21(28)23-2/h3-9,14H,10-12H2,1-2H3,(H,23,28)(H,24,26)/t14-/m1/s1. The molecule has 0 spiro atoms. The van der Waals surface area contributed by atoms with Gasteiger partial charge in [0.05, 0.1) is 5.92 Å².